The molecule has 2 heterocycles. The predicted molar refractivity (Wildman–Crippen MR) is 73.0 cm³/mol. The van der Waals surface area contributed by atoms with Crippen molar-refractivity contribution in [2.24, 2.45) is 0 Å². The minimum Gasteiger partial charge on any atom is -0.481 e. The van der Waals surface area contributed by atoms with Gasteiger partial charge < -0.3 is 10.1 Å². The van der Waals surface area contributed by atoms with Crippen molar-refractivity contribution in [2.45, 2.75) is 6.18 Å². The Bertz CT molecular complexity index is 707. The van der Waals surface area contributed by atoms with Gasteiger partial charge in [-0.25, -0.2) is 4.98 Å². The lowest BCUT2D eigenvalue weighted by Crippen LogP contribution is -2.15. The minimum absolute atomic E-state index is 0.176. The van der Waals surface area contributed by atoms with Gasteiger partial charge in [-0.3, -0.25) is 9.78 Å². The number of ether oxygens (including phenoxy) is 1. The number of carbonyl (C=O) groups is 1. The van der Waals surface area contributed by atoms with E-state index in [0.717, 1.165) is 6.20 Å². The van der Waals surface area contributed by atoms with Gasteiger partial charge in [0.1, 0.15) is 5.69 Å². The van der Waals surface area contributed by atoms with Crippen molar-refractivity contribution < 1.29 is 22.7 Å². The fraction of sp³-hybridized carbons (Fsp3) is 0.154. The molecule has 0 aromatic carbocycles. The quantitative estimate of drug-likeness (QED) is 0.936. The number of methoxy groups -OCH3 is 1. The summed E-state index contributed by atoms with van der Waals surface area (Å²) < 4.78 is 42.4. The number of anilines is 1. The Morgan fingerprint density at radius 2 is 2.05 bits per heavy atom. The first kappa shape index (κ1) is 16.0. The zero-order valence-electron chi connectivity index (χ0n) is 11.1. The van der Waals surface area contributed by atoms with E-state index in [1.165, 1.54) is 25.4 Å². The fourth-order valence-electron chi connectivity index (χ4n) is 1.55. The van der Waals surface area contributed by atoms with Gasteiger partial charge in [-0.05, 0) is 12.1 Å². The Morgan fingerprint density at radius 1 is 1.32 bits per heavy atom. The molecule has 1 N–H and O–H groups in total. The first-order valence-corrected chi connectivity index (χ1v) is 6.23. The molecule has 2 aromatic heterocycles. The number of hydrogen-bond acceptors (Lipinski definition) is 4. The van der Waals surface area contributed by atoms with Gasteiger partial charge >= 0.3 is 6.18 Å². The topological polar surface area (TPSA) is 64.1 Å². The summed E-state index contributed by atoms with van der Waals surface area (Å²) in [6.45, 7) is 0. The number of halogens is 4. The highest BCUT2D eigenvalue weighted by molar-refractivity contribution is 6.34. The van der Waals surface area contributed by atoms with Gasteiger partial charge in [-0.15, -0.1) is 0 Å². The molecular weight excluding hydrogens is 323 g/mol. The molecule has 0 unspecified atom stereocenters. The zero-order chi connectivity index (χ0) is 16.3. The van der Waals surface area contributed by atoms with E-state index < -0.39 is 17.8 Å². The SMILES string of the molecule is COc1cc(NC(=O)c2cnc(C(F)(F)F)cc2Cl)ccn1. The van der Waals surface area contributed by atoms with Crippen molar-refractivity contribution in [2.75, 3.05) is 12.4 Å². The number of alkyl halides is 3. The van der Waals surface area contributed by atoms with Crippen molar-refractivity contribution in [3.8, 4) is 5.88 Å². The van der Waals surface area contributed by atoms with Crippen molar-refractivity contribution >= 4 is 23.2 Å². The maximum absolute atomic E-state index is 12.5. The van der Waals surface area contributed by atoms with Crippen LogP contribution in [0.2, 0.25) is 5.02 Å². The van der Waals surface area contributed by atoms with Gasteiger partial charge in [0.05, 0.1) is 17.7 Å². The highest BCUT2D eigenvalue weighted by Gasteiger charge is 2.33. The molecule has 0 radical (unpaired) electrons. The van der Waals surface area contributed by atoms with Crippen LogP contribution in [0.3, 0.4) is 0 Å². The number of hydrogen-bond donors (Lipinski definition) is 1. The molecule has 116 valence electrons. The molecule has 9 heteroatoms. The van der Waals surface area contributed by atoms with E-state index in [-0.39, 0.29) is 16.5 Å². The Morgan fingerprint density at radius 3 is 2.64 bits per heavy atom. The van der Waals surface area contributed by atoms with Gasteiger partial charge in [0, 0.05) is 24.1 Å². The second kappa shape index (κ2) is 6.18. The van der Waals surface area contributed by atoms with E-state index in [9.17, 15) is 18.0 Å². The van der Waals surface area contributed by atoms with Crippen LogP contribution in [0.4, 0.5) is 18.9 Å². The van der Waals surface area contributed by atoms with Crippen molar-refractivity contribution in [1.82, 2.24) is 9.97 Å². The molecule has 5 nitrogen and oxygen atoms in total. The Labute approximate surface area is 128 Å². The van der Waals surface area contributed by atoms with Crippen LogP contribution in [-0.4, -0.2) is 23.0 Å². The lowest BCUT2D eigenvalue weighted by Gasteiger charge is -2.10. The molecule has 1 amide bonds. The average molecular weight is 332 g/mol. The van der Waals surface area contributed by atoms with Gasteiger partial charge in [-0.2, -0.15) is 13.2 Å². The zero-order valence-corrected chi connectivity index (χ0v) is 11.9. The number of carbonyl (C=O) groups excluding carboxylic acids is 1. The molecule has 2 aromatic rings. The van der Waals surface area contributed by atoms with E-state index in [1.807, 2.05) is 0 Å². The number of nitrogens with zero attached hydrogens (tertiary/aromatic N) is 2. The third-order valence-electron chi connectivity index (χ3n) is 2.59. The van der Waals surface area contributed by atoms with Crippen LogP contribution < -0.4 is 10.1 Å². The predicted octanol–water partition coefficient (Wildman–Crippen LogP) is 3.41. The lowest BCUT2D eigenvalue weighted by molar-refractivity contribution is -0.141. The van der Waals surface area contributed by atoms with Crippen LogP contribution in [0.25, 0.3) is 0 Å². The smallest absolute Gasteiger partial charge is 0.433 e. The molecule has 0 aliphatic rings. The summed E-state index contributed by atoms with van der Waals surface area (Å²) in [7, 11) is 1.41. The number of nitrogens with one attached hydrogen (secondary N) is 1. The molecule has 2 rings (SSSR count). The van der Waals surface area contributed by atoms with E-state index in [2.05, 4.69) is 15.3 Å². The van der Waals surface area contributed by atoms with Crippen LogP contribution in [0.1, 0.15) is 16.1 Å². The molecule has 0 fully saturated rings. The Balaban J connectivity index is 2.22. The van der Waals surface area contributed by atoms with Gasteiger partial charge in [0.2, 0.25) is 5.88 Å². The summed E-state index contributed by atoms with van der Waals surface area (Å²) in [5.74, 6) is -0.422. The van der Waals surface area contributed by atoms with E-state index >= 15 is 0 Å². The van der Waals surface area contributed by atoms with E-state index in [4.69, 9.17) is 16.3 Å². The molecule has 0 saturated carbocycles. The van der Waals surface area contributed by atoms with Crippen LogP contribution in [-0.2, 0) is 6.18 Å². The average Bonchev–Trinajstić information content (AvgIpc) is 2.46. The van der Waals surface area contributed by atoms with Crippen molar-refractivity contribution in [3.63, 3.8) is 0 Å². The third kappa shape index (κ3) is 3.64. The normalized spacial score (nSPS) is 11.1. The summed E-state index contributed by atoms with van der Waals surface area (Å²) in [4.78, 5) is 19.1. The molecule has 0 aliphatic heterocycles. The lowest BCUT2D eigenvalue weighted by atomic mass is 10.2. The number of rotatable bonds is 3. The van der Waals surface area contributed by atoms with Crippen LogP contribution in [0.5, 0.6) is 5.88 Å². The number of aromatic nitrogens is 2. The molecule has 0 aliphatic carbocycles. The number of amides is 1. The summed E-state index contributed by atoms with van der Waals surface area (Å²) in [5.41, 5.74) is -0.988. The summed E-state index contributed by atoms with van der Waals surface area (Å²) in [5, 5.41) is 2.12. The fourth-order valence-corrected chi connectivity index (χ4v) is 1.79. The first-order chi connectivity index (χ1) is 10.3. The Hall–Kier alpha value is -2.35. The summed E-state index contributed by atoms with van der Waals surface area (Å²) >= 11 is 5.72. The highest BCUT2D eigenvalue weighted by Crippen LogP contribution is 2.30. The molecule has 0 spiro atoms. The van der Waals surface area contributed by atoms with Crippen molar-refractivity contribution in [1.29, 1.82) is 0 Å². The molecule has 0 saturated heterocycles. The minimum atomic E-state index is -4.63. The standard InChI is InChI=1S/C13H9ClF3N3O2/c1-22-11-4-7(2-3-18-11)20-12(21)8-6-19-10(5-9(8)14)13(15,16)17/h2-6H,1H3,(H,18,20,21). The van der Waals surface area contributed by atoms with Gasteiger partial charge in [-0.1, -0.05) is 11.6 Å². The van der Waals surface area contributed by atoms with Crippen molar-refractivity contribution in [3.05, 3.63) is 46.9 Å². The molecule has 0 atom stereocenters. The second-order valence-electron chi connectivity index (χ2n) is 4.09. The van der Waals surface area contributed by atoms with E-state index in [0.29, 0.717) is 11.8 Å². The van der Waals surface area contributed by atoms with Crippen LogP contribution >= 0.6 is 11.6 Å². The van der Waals surface area contributed by atoms with Gasteiger partial charge in [0.25, 0.3) is 5.91 Å². The number of pyridine rings is 2. The monoisotopic (exact) mass is 331 g/mol. The third-order valence-corrected chi connectivity index (χ3v) is 2.90. The van der Waals surface area contributed by atoms with E-state index in [1.54, 1.807) is 0 Å². The first-order valence-electron chi connectivity index (χ1n) is 5.85. The highest BCUT2D eigenvalue weighted by atomic mass is 35.5. The molecule has 0 bridgehead atoms. The summed E-state index contributed by atoms with van der Waals surface area (Å²) in [6, 6.07) is 3.54. The Kier molecular flexibility index (Phi) is 4.51. The van der Waals surface area contributed by atoms with Crippen LogP contribution in [0, 0.1) is 0 Å². The van der Waals surface area contributed by atoms with Gasteiger partial charge in [0.15, 0.2) is 0 Å². The van der Waals surface area contributed by atoms with Crippen LogP contribution in [0.15, 0.2) is 30.6 Å². The maximum atomic E-state index is 12.5. The maximum Gasteiger partial charge on any atom is 0.433 e. The largest absolute Gasteiger partial charge is 0.481 e. The molecule has 22 heavy (non-hydrogen) atoms. The molecular formula is C13H9ClF3N3O2. The summed E-state index contributed by atoms with van der Waals surface area (Å²) in [6.07, 6.45) is -2.45. The second-order valence-corrected chi connectivity index (χ2v) is 4.50.